The van der Waals surface area contributed by atoms with Gasteiger partial charge < -0.3 is 9.47 Å². The molecule has 4 rings (SSSR count). The second-order valence-electron chi connectivity index (χ2n) is 7.46. The first-order chi connectivity index (χ1) is 16.9. The van der Waals surface area contributed by atoms with Gasteiger partial charge >= 0.3 is 0 Å². The third-order valence-electron chi connectivity index (χ3n) is 5.17. The van der Waals surface area contributed by atoms with Crippen molar-refractivity contribution in [3.63, 3.8) is 0 Å². The molecule has 0 N–H and O–H groups in total. The third kappa shape index (κ3) is 5.65. The molecular formula is C25H19IN2O6S. The SMILES string of the molecule is COc1cc(/C=C2\SC(=O)N(Cc3ccccc3[N+](=O)[O-])C2=O)cc(I)c1OCc1ccccc1. The fourth-order valence-electron chi connectivity index (χ4n) is 3.47. The summed E-state index contributed by atoms with van der Waals surface area (Å²) in [5, 5.41) is 10.8. The largest absolute Gasteiger partial charge is 0.493 e. The van der Waals surface area contributed by atoms with Gasteiger partial charge in [-0.25, -0.2) is 0 Å². The predicted molar refractivity (Wildman–Crippen MR) is 141 cm³/mol. The van der Waals surface area contributed by atoms with Crippen molar-refractivity contribution in [3.8, 4) is 11.5 Å². The smallest absolute Gasteiger partial charge is 0.293 e. The summed E-state index contributed by atoms with van der Waals surface area (Å²) in [5.41, 5.74) is 1.83. The number of rotatable bonds is 8. The Kier molecular flexibility index (Phi) is 7.71. The molecular weight excluding hydrogens is 583 g/mol. The monoisotopic (exact) mass is 602 g/mol. The first kappa shape index (κ1) is 24.7. The number of ether oxygens (including phenoxy) is 2. The van der Waals surface area contributed by atoms with E-state index in [-0.39, 0.29) is 22.7 Å². The van der Waals surface area contributed by atoms with E-state index in [9.17, 15) is 19.7 Å². The van der Waals surface area contributed by atoms with E-state index in [0.717, 1.165) is 25.8 Å². The number of nitro groups is 1. The van der Waals surface area contributed by atoms with Gasteiger partial charge in [-0.3, -0.25) is 24.6 Å². The summed E-state index contributed by atoms with van der Waals surface area (Å²) >= 11 is 2.93. The van der Waals surface area contributed by atoms with Gasteiger partial charge in [-0.15, -0.1) is 0 Å². The minimum atomic E-state index is -0.528. The lowest BCUT2D eigenvalue weighted by molar-refractivity contribution is -0.385. The van der Waals surface area contributed by atoms with Crippen LogP contribution in [-0.4, -0.2) is 28.1 Å². The summed E-state index contributed by atoms with van der Waals surface area (Å²) in [7, 11) is 1.53. The lowest BCUT2D eigenvalue weighted by Crippen LogP contribution is -2.27. The second-order valence-corrected chi connectivity index (χ2v) is 9.62. The molecule has 1 fully saturated rings. The molecule has 2 amide bonds. The molecule has 3 aromatic rings. The number of carbonyl (C=O) groups excluding carboxylic acids is 2. The number of benzene rings is 3. The maximum Gasteiger partial charge on any atom is 0.293 e. The highest BCUT2D eigenvalue weighted by atomic mass is 127. The number of nitro benzene ring substituents is 1. The van der Waals surface area contributed by atoms with Crippen molar-refractivity contribution in [2.45, 2.75) is 13.2 Å². The number of imide groups is 1. The number of amides is 2. The van der Waals surface area contributed by atoms with Crippen molar-refractivity contribution in [1.29, 1.82) is 0 Å². The van der Waals surface area contributed by atoms with Crippen LogP contribution in [0.2, 0.25) is 0 Å². The minimum Gasteiger partial charge on any atom is -0.493 e. The number of methoxy groups -OCH3 is 1. The van der Waals surface area contributed by atoms with Crippen molar-refractivity contribution in [2.75, 3.05) is 7.11 Å². The molecule has 178 valence electrons. The number of halogens is 1. The highest BCUT2D eigenvalue weighted by molar-refractivity contribution is 14.1. The van der Waals surface area contributed by atoms with Crippen molar-refractivity contribution in [1.82, 2.24) is 4.90 Å². The summed E-state index contributed by atoms with van der Waals surface area (Å²) in [6, 6.07) is 19.4. The molecule has 3 aromatic carbocycles. The van der Waals surface area contributed by atoms with Gasteiger partial charge in [0.1, 0.15) is 6.61 Å². The second kappa shape index (κ2) is 10.9. The van der Waals surface area contributed by atoms with E-state index in [1.807, 2.05) is 36.4 Å². The summed E-state index contributed by atoms with van der Waals surface area (Å²) in [6.45, 7) is 0.198. The van der Waals surface area contributed by atoms with Crippen LogP contribution in [0, 0.1) is 13.7 Å². The highest BCUT2D eigenvalue weighted by Gasteiger charge is 2.36. The molecule has 0 aromatic heterocycles. The van der Waals surface area contributed by atoms with Crippen LogP contribution < -0.4 is 9.47 Å². The molecule has 10 heteroatoms. The zero-order valence-electron chi connectivity index (χ0n) is 18.5. The normalized spacial score (nSPS) is 14.5. The molecule has 1 aliphatic heterocycles. The van der Waals surface area contributed by atoms with Gasteiger partial charge in [-0.05, 0) is 63.7 Å². The Labute approximate surface area is 219 Å². The maximum atomic E-state index is 13.0. The minimum absolute atomic E-state index is 0.138. The molecule has 1 saturated heterocycles. The zero-order valence-corrected chi connectivity index (χ0v) is 21.4. The standard InChI is InChI=1S/C25H19IN2O6S/c1-33-21-12-17(11-19(26)23(21)34-15-16-7-3-2-4-8-16)13-22-24(29)27(25(30)35-22)14-18-9-5-6-10-20(18)28(31)32/h2-13H,14-15H2,1H3/b22-13-. The molecule has 0 unspecified atom stereocenters. The molecule has 8 nitrogen and oxygen atoms in total. The van der Waals surface area contributed by atoms with Gasteiger partial charge in [-0.1, -0.05) is 48.5 Å². The Morgan fingerprint density at radius 1 is 1.09 bits per heavy atom. The molecule has 0 radical (unpaired) electrons. The number of hydrogen-bond donors (Lipinski definition) is 0. The van der Waals surface area contributed by atoms with Gasteiger partial charge in [0.2, 0.25) is 0 Å². The van der Waals surface area contributed by atoms with Crippen LogP contribution >= 0.6 is 34.4 Å². The Morgan fingerprint density at radius 3 is 2.51 bits per heavy atom. The maximum absolute atomic E-state index is 13.0. The average Bonchev–Trinajstić information content (AvgIpc) is 3.11. The van der Waals surface area contributed by atoms with Gasteiger partial charge in [0.05, 0.1) is 27.1 Å². The van der Waals surface area contributed by atoms with Crippen LogP contribution in [0.5, 0.6) is 11.5 Å². The number of thioether (sulfide) groups is 1. The molecule has 35 heavy (non-hydrogen) atoms. The van der Waals surface area contributed by atoms with Crippen LogP contribution in [0.1, 0.15) is 16.7 Å². The van der Waals surface area contributed by atoms with Crippen molar-refractivity contribution in [2.24, 2.45) is 0 Å². The van der Waals surface area contributed by atoms with Crippen LogP contribution in [0.15, 0.2) is 71.6 Å². The van der Waals surface area contributed by atoms with Gasteiger partial charge in [0, 0.05) is 11.6 Å². The molecule has 0 bridgehead atoms. The van der Waals surface area contributed by atoms with Gasteiger partial charge in [0.25, 0.3) is 16.8 Å². The number of hydrogen-bond acceptors (Lipinski definition) is 7. The molecule has 1 aliphatic rings. The summed E-state index contributed by atoms with van der Waals surface area (Å²) in [4.78, 5) is 37.5. The Bertz CT molecular complexity index is 1330. The van der Waals surface area contributed by atoms with Crippen LogP contribution in [0.25, 0.3) is 6.08 Å². The van der Waals surface area contributed by atoms with E-state index in [0.29, 0.717) is 23.7 Å². The first-order valence-electron chi connectivity index (χ1n) is 10.4. The zero-order chi connectivity index (χ0) is 24.9. The number of nitrogens with zero attached hydrogens (tertiary/aromatic N) is 2. The van der Waals surface area contributed by atoms with E-state index in [1.54, 1.807) is 18.2 Å². The van der Waals surface area contributed by atoms with E-state index in [1.165, 1.54) is 25.3 Å². The molecule has 0 saturated carbocycles. The van der Waals surface area contributed by atoms with E-state index < -0.39 is 16.1 Å². The Hall–Kier alpha value is -3.38. The number of carbonyl (C=O) groups is 2. The van der Waals surface area contributed by atoms with Crippen LogP contribution in [0.3, 0.4) is 0 Å². The highest BCUT2D eigenvalue weighted by Crippen LogP contribution is 2.38. The van der Waals surface area contributed by atoms with Crippen molar-refractivity contribution in [3.05, 3.63) is 102 Å². The van der Waals surface area contributed by atoms with Crippen LogP contribution in [0.4, 0.5) is 10.5 Å². The number of para-hydroxylation sites is 1. The van der Waals surface area contributed by atoms with E-state index in [2.05, 4.69) is 22.6 Å². The van der Waals surface area contributed by atoms with E-state index >= 15 is 0 Å². The van der Waals surface area contributed by atoms with E-state index in [4.69, 9.17) is 9.47 Å². The fourth-order valence-corrected chi connectivity index (χ4v) is 5.09. The summed E-state index contributed by atoms with van der Waals surface area (Å²) in [6.07, 6.45) is 1.61. The topological polar surface area (TPSA) is 99.0 Å². The summed E-state index contributed by atoms with van der Waals surface area (Å²) in [5.74, 6) is 0.577. The van der Waals surface area contributed by atoms with Gasteiger partial charge in [0.15, 0.2) is 11.5 Å². The third-order valence-corrected chi connectivity index (χ3v) is 6.87. The Balaban J connectivity index is 1.55. The molecule has 1 heterocycles. The predicted octanol–water partition coefficient (Wildman–Crippen LogP) is 6.02. The lowest BCUT2D eigenvalue weighted by atomic mass is 10.1. The first-order valence-corrected chi connectivity index (χ1v) is 12.3. The molecule has 0 spiro atoms. The quantitative estimate of drug-likeness (QED) is 0.135. The van der Waals surface area contributed by atoms with Gasteiger partial charge in [-0.2, -0.15) is 0 Å². The molecule has 0 aliphatic carbocycles. The van der Waals surface area contributed by atoms with Crippen molar-refractivity contribution < 1.29 is 24.0 Å². The average molecular weight is 602 g/mol. The van der Waals surface area contributed by atoms with Crippen LogP contribution in [-0.2, 0) is 17.9 Å². The molecule has 0 atom stereocenters. The summed E-state index contributed by atoms with van der Waals surface area (Å²) < 4.78 is 12.3. The lowest BCUT2D eigenvalue weighted by Gasteiger charge is -2.14. The van der Waals surface area contributed by atoms with Crippen molar-refractivity contribution >= 4 is 57.3 Å². The fraction of sp³-hybridized carbons (Fsp3) is 0.120. The Morgan fingerprint density at radius 2 is 1.80 bits per heavy atom.